The average molecular weight is 218 g/mol. The summed E-state index contributed by atoms with van der Waals surface area (Å²) < 4.78 is 37.1. The summed E-state index contributed by atoms with van der Waals surface area (Å²) in [5.41, 5.74) is -1.34. The molecular formula is C8H5F3N2S. The van der Waals surface area contributed by atoms with Crippen LogP contribution in [0.5, 0.6) is 0 Å². The minimum absolute atomic E-state index is 0.274. The van der Waals surface area contributed by atoms with Crippen LogP contribution in [0.2, 0.25) is 0 Å². The number of hydrogen-bond donors (Lipinski definition) is 1. The highest BCUT2D eigenvalue weighted by atomic mass is 32.2. The van der Waals surface area contributed by atoms with Crippen LogP contribution in [0.15, 0.2) is 23.1 Å². The Morgan fingerprint density at radius 1 is 1.36 bits per heavy atom. The fourth-order valence-electron chi connectivity index (χ4n) is 0.929. The summed E-state index contributed by atoms with van der Waals surface area (Å²) in [4.78, 5) is 0.274. The van der Waals surface area contributed by atoms with E-state index in [0.29, 0.717) is 11.9 Å². The van der Waals surface area contributed by atoms with Gasteiger partial charge in [-0.2, -0.15) is 18.4 Å². The first-order chi connectivity index (χ1) is 6.49. The molecule has 0 aliphatic heterocycles. The highest BCUT2D eigenvalue weighted by Crippen LogP contribution is 2.33. The van der Waals surface area contributed by atoms with Gasteiger partial charge in [0.15, 0.2) is 0 Å². The van der Waals surface area contributed by atoms with E-state index in [2.05, 4.69) is 0 Å². The van der Waals surface area contributed by atoms with Gasteiger partial charge in [0, 0.05) is 4.90 Å². The second kappa shape index (κ2) is 3.90. The maximum absolute atomic E-state index is 12.4. The lowest BCUT2D eigenvalue weighted by atomic mass is 10.1. The van der Waals surface area contributed by atoms with Gasteiger partial charge in [-0.15, -0.1) is 0 Å². The van der Waals surface area contributed by atoms with Crippen LogP contribution in [-0.4, -0.2) is 0 Å². The number of nitrogens with zero attached hydrogens (tertiary/aromatic N) is 1. The molecule has 0 aliphatic carbocycles. The summed E-state index contributed by atoms with van der Waals surface area (Å²) in [6.45, 7) is 0. The van der Waals surface area contributed by atoms with Crippen molar-refractivity contribution in [1.29, 1.82) is 5.26 Å². The molecule has 0 bridgehead atoms. The van der Waals surface area contributed by atoms with Gasteiger partial charge in [-0.05, 0) is 30.1 Å². The molecule has 0 fully saturated rings. The van der Waals surface area contributed by atoms with Gasteiger partial charge in [0.2, 0.25) is 0 Å². The van der Waals surface area contributed by atoms with Gasteiger partial charge in [-0.1, -0.05) is 0 Å². The van der Waals surface area contributed by atoms with E-state index in [-0.39, 0.29) is 4.90 Å². The first kappa shape index (κ1) is 10.9. The smallest absolute Gasteiger partial charge is 0.274 e. The number of halogens is 3. The van der Waals surface area contributed by atoms with Crippen LogP contribution in [0.25, 0.3) is 0 Å². The van der Waals surface area contributed by atoms with Crippen LogP contribution in [0, 0.1) is 11.3 Å². The van der Waals surface area contributed by atoms with Crippen LogP contribution in [-0.2, 0) is 6.18 Å². The minimum Gasteiger partial charge on any atom is -0.274 e. The third-order valence-corrected chi connectivity index (χ3v) is 2.08. The molecule has 0 unspecified atom stereocenters. The number of nitriles is 1. The highest BCUT2D eigenvalue weighted by molar-refractivity contribution is 7.97. The number of benzene rings is 1. The Hall–Kier alpha value is -1.19. The highest BCUT2D eigenvalue weighted by Gasteiger charge is 2.33. The number of hydrogen-bond acceptors (Lipinski definition) is 3. The first-order valence-electron chi connectivity index (χ1n) is 3.47. The maximum atomic E-state index is 12.4. The quantitative estimate of drug-likeness (QED) is 0.737. The molecule has 2 N–H and O–H groups in total. The SMILES string of the molecule is N#Cc1ccc(SN)cc1C(F)(F)F. The van der Waals surface area contributed by atoms with E-state index in [4.69, 9.17) is 10.4 Å². The van der Waals surface area contributed by atoms with E-state index in [9.17, 15) is 13.2 Å². The zero-order valence-corrected chi connectivity index (χ0v) is 7.62. The van der Waals surface area contributed by atoms with Gasteiger partial charge >= 0.3 is 6.18 Å². The standard InChI is InChI=1S/C8H5F3N2S/c9-8(10,11)7-3-6(14-13)2-1-5(7)4-12/h1-3H,13H2. The lowest BCUT2D eigenvalue weighted by Gasteiger charge is -2.09. The topological polar surface area (TPSA) is 49.8 Å². The zero-order chi connectivity index (χ0) is 10.8. The van der Waals surface area contributed by atoms with Gasteiger partial charge in [0.25, 0.3) is 0 Å². The molecular weight excluding hydrogens is 213 g/mol. The molecule has 0 saturated carbocycles. The first-order valence-corrected chi connectivity index (χ1v) is 4.35. The molecule has 0 spiro atoms. The van der Waals surface area contributed by atoms with E-state index in [0.717, 1.165) is 12.1 Å². The molecule has 0 aromatic heterocycles. The van der Waals surface area contributed by atoms with E-state index < -0.39 is 17.3 Å². The zero-order valence-electron chi connectivity index (χ0n) is 6.80. The second-order valence-corrected chi connectivity index (χ2v) is 3.14. The Kier molecular flexibility index (Phi) is 3.03. The van der Waals surface area contributed by atoms with E-state index in [1.165, 1.54) is 12.1 Å². The molecule has 0 radical (unpaired) electrons. The second-order valence-electron chi connectivity index (χ2n) is 2.43. The molecule has 0 saturated heterocycles. The van der Waals surface area contributed by atoms with Crippen molar-refractivity contribution in [2.24, 2.45) is 5.14 Å². The fraction of sp³-hybridized carbons (Fsp3) is 0.125. The molecule has 1 aromatic rings. The molecule has 0 aliphatic rings. The predicted molar refractivity (Wildman–Crippen MR) is 46.2 cm³/mol. The van der Waals surface area contributed by atoms with Crippen molar-refractivity contribution in [2.75, 3.05) is 0 Å². The van der Waals surface area contributed by atoms with Gasteiger partial charge in [-0.25, -0.2) is 0 Å². The molecule has 6 heteroatoms. The average Bonchev–Trinajstić information content (AvgIpc) is 2.15. The van der Waals surface area contributed by atoms with E-state index >= 15 is 0 Å². The van der Waals surface area contributed by atoms with Crippen LogP contribution < -0.4 is 5.14 Å². The van der Waals surface area contributed by atoms with Gasteiger partial charge in [0.1, 0.15) is 0 Å². The summed E-state index contributed by atoms with van der Waals surface area (Å²) in [7, 11) is 0. The third-order valence-electron chi connectivity index (χ3n) is 1.55. The van der Waals surface area contributed by atoms with Crippen molar-refractivity contribution in [2.45, 2.75) is 11.1 Å². The largest absolute Gasteiger partial charge is 0.417 e. The van der Waals surface area contributed by atoms with Crippen molar-refractivity contribution < 1.29 is 13.2 Å². The summed E-state index contributed by atoms with van der Waals surface area (Å²) in [5.74, 6) is 0. The maximum Gasteiger partial charge on any atom is 0.417 e. The molecule has 14 heavy (non-hydrogen) atoms. The Morgan fingerprint density at radius 2 is 2.00 bits per heavy atom. The van der Waals surface area contributed by atoms with Gasteiger partial charge in [0.05, 0.1) is 17.2 Å². The van der Waals surface area contributed by atoms with Crippen molar-refractivity contribution in [3.8, 4) is 6.07 Å². The van der Waals surface area contributed by atoms with Crippen LogP contribution in [0.1, 0.15) is 11.1 Å². The molecule has 1 rings (SSSR count). The van der Waals surface area contributed by atoms with Crippen LogP contribution in [0.3, 0.4) is 0 Å². The molecule has 0 heterocycles. The molecule has 2 nitrogen and oxygen atoms in total. The monoisotopic (exact) mass is 218 g/mol. The van der Waals surface area contributed by atoms with Gasteiger partial charge < -0.3 is 0 Å². The Bertz CT molecular complexity index is 381. The molecule has 0 atom stereocenters. The Labute approximate surface area is 82.6 Å². The predicted octanol–water partition coefficient (Wildman–Crippen LogP) is 2.54. The Morgan fingerprint density at radius 3 is 2.43 bits per heavy atom. The molecule has 1 aromatic carbocycles. The van der Waals surface area contributed by atoms with E-state index in [1.54, 1.807) is 0 Å². The minimum atomic E-state index is -4.52. The molecule has 74 valence electrons. The summed E-state index contributed by atoms with van der Waals surface area (Å²) in [6.07, 6.45) is -4.52. The normalized spacial score (nSPS) is 11.1. The fourth-order valence-corrected chi connectivity index (χ4v) is 1.26. The van der Waals surface area contributed by atoms with Crippen molar-refractivity contribution in [1.82, 2.24) is 0 Å². The van der Waals surface area contributed by atoms with Crippen molar-refractivity contribution in [3.05, 3.63) is 29.3 Å². The lowest BCUT2D eigenvalue weighted by Crippen LogP contribution is -2.07. The summed E-state index contributed by atoms with van der Waals surface area (Å²) in [5, 5.41) is 13.6. The molecule has 0 amide bonds. The van der Waals surface area contributed by atoms with Crippen LogP contribution >= 0.6 is 11.9 Å². The summed E-state index contributed by atoms with van der Waals surface area (Å²) >= 11 is 0.709. The van der Waals surface area contributed by atoms with Gasteiger partial charge in [-0.3, -0.25) is 5.14 Å². The van der Waals surface area contributed by atoms with Crippen LogP contribution in [0.4, 0.5) is 13.2 Å². The van der Waals surface area contributed by atoms with Crippen molar-refractivity contribution in [3.63, 3.8) is 0 Å². The number of nitrogens with two attached hydrogens (primary N) is 1. The number of rotatable bonds is 1. The Balaban J connectivity index is 3.31. The van der Waals surface area contributed by atoms with Crippen molar-refractivity contribution >= 4 is 11.9 Å². The lowest BCUT2D eigenvalue weighted by molar-refractivity contribution is -0.137. The third kappa shape index (κ3) is 2.19. The van der Waals surface area contributed by atoms with E-state index in [1.807, 2.05) is 0 Å². The number of alkyl halides is 3. The summed E-state index contributed by atoms with van der Waals surface area (Å²) in [6, 6.07) is 4.83.